The highest BCUT2D eigenvalue weighted by molar-refractivity contribution is 5.00. The van der Waals surface area contributed by atoms with Crippen molar-refractivity contribution in [2.45, 2.75) is 64.5 Å². The molecule has 3 heteroatoms. The van der Waals surface area contributed by atoms with Crippen LogP contribution in [0.15, 0.2) is 12.4 Å². The largest absolute Gasteiger partial charge is 0.334 e. The lowest BCUT2D eigenvalue weighted by atomic mass is 9.86. The van der Waals surface area contributed by atoms with Crippen molar-refractivity contribution in [3.63, 3.8) is 0 Å². The molecular formula is C14H25N3. The first-order valence-corrected chi connectivity index (χ1v) is 7.09. The van der Waals surface area contributed by atoms with E-state index < -0.39 is 0 Å². The maximum absolute atomic E-state index is 6.43. The van der Waals surface area contributed by atoms with Crippen LogP contribution in [-0.4, -0.2) is 9.55 Å². The minimum atomic E-state index is 0.128. The van der Waals surface area contributed by atoms with Crippen LogP contribution in [0.2, 0.25) is 0 Å². The summed E-state index contributed by atoms with van der Waals surface area (Å²) < 4.78 is 2.18. The predicted octanol–water partition coefficient (Wildman–Crippen LogP) is 3.26. The molecule has 1 aliphatic carbocycles. The molecule has 3 nitrogen and oxygen atoms in total. The minimum absolute atomic E-state index is 0.128. The van der Waals surface area contributed by atoms with Crippen LogP contribution in [0, 0.1) is 5.92 Å². The zero-order chi connectivity index (χ0) is 12.1. The predicted molar refractivity (Wildman–Crippen MR) is 70.6 cm³/mol. The van der Waals surface area contributed by atoms with E-state index in [4.69, 9.17) is 5.73 Å². The Kier molecular flexibility index (Phi) is 4.60. The molecule has 1 atom stereocenters. The molecule has 1 aliphatic rings. The number of aromatic nitrogens is 2. The van der Waals surface area contributed by atoms with Gasteiger partial charge in [-0.2, -0.15) is 0 Å². The van der Waals surface area contributed by atoms with Gasteiger partial charge in [-0.1, -0.05) is 32.1 Å². The SMILES string of the molecule is CCn1ccnc1C(N)C1CCCCCCC1. The lowest BCUT2D eigenvalue weighted by molar-refractivity contribution is 0.315. The Labute approximate surface area is 104 Å². The van der Waals surface area contributed by atoms with Gasteiger partial charge in [-0.25, -0.2) is 4.98 Å². The summed E-state index contributed by atoms with van der Waals surface area (Å²) in [7, 11) is 0. The first-order chi connectivity index (χ1) is 8.33. The Hall–Kier alpha value is -0.830. The second-order valence-corrected chi connectivity index (χ2v) is 5.20. The highest BCUT2D eigenvalue weighted by Crippen LogP contribution is 2.30. The zero-order valence-corrected chi connectivity index (χ0v) is 10.9. The summed E-state index contributed by atoms with van der Waals surface area (Å²) >= 11 is 0. The standard InChI is InChI=1S/C14H25N3/c1-2-17-11-10-16-14(17)13(15)12-8-6-4-3-5-7-9-12/h10-13H,2-9,15H2,1H3. The lowest BCUT2D eigenvalue weighted by Crippen LogP contribution is -2.25. The average molecular weight is 235 g/mol. The maximum Gasteiger partial charge on any atom is 0.125 e. The van der Waals surface area contributed by atoms with Gasteiger partial charge in [0.1, 0.15) is 5.82 Å². The third-order valence-electron chi connectivity index (χ3n) is 4.04. The molecule has 0 bridgehead atoms. The molecule has 1 fully saturated rings. The molecule has 0 radical (unpaired) electrons. The van der Waals surface area contributed by atoms with Crippen molar-refractivity contribution >= 4 is 0 Å². The van der Waals surface area contributed by atoms with E-state index in [1.54, 1.807) is 0 Å². The van der Waals surface area contributed by atoms with Gasteiger partial charge in [-0.3, -0.25) is 0 Å². The maximum atomic E-state index is 6.43. The van der Waals surface area contributed by atoms with Gasteiger partial charge in [0.25, 0.3) is 0 Å². The highest BCUT2D eigenvalue weighted by Gasteiger charge is 2.23. The molecule has 0 aliphatic heterocycles. The van der Waals surface area contributed by atoms with Gasteiger partial charge in [0.05, 0.1) is 6.04 Å². The Morgan fingerprint density at radius 3 is 2.59 bits per heavy atom. The third kappa shape index (κ3) is 3.09. The molecule has 0 spiro atoms. The zero-order valence-electron chi connectivity index (χ0n) is 10.9. The van der Waals surface area contributed by atoms with Crippen LogP contribution in [0.3, 0.4) is 0 Å². The number of hydrogen-bond acceptors (Lipinski definition) is 2. The fraction of sp³-hybridized carbons (Fsp3) is 0.786. The molecule has 1 unspecified atom stereocenters. The molecule has 0 amide bonds. The van der Waals surface area contributed by atoms with Crippen LogP contribution in [-0.2, 0) is 6.54 Å². The summed E-state index contributed by atoms with van der Waals surface area (Å²) in [5.41, 5.74) is 6.43. The van der Waals surface area contributed by atoms with Crippen LogP contribution in [0.25, 0.3) is 0 Å². The van der Waals surface area contributed by atoms with Crippen LogP contribution in [0.1, 0.15) is 63.7 Å². The molecule has 96 valence electrons. The Bertz CT molecular complexity index is 324. The van der Waals surface area contributed by atoms with Crippen molar-refractivity contribution in [3.05, 3.63) is 18.2 Å². The van der Waals surface area contributed by atoms with Crippen molar-refractivity contribution in [2.75, 3.05) is 0 Å². The number of nitrogens with zero attached hydrogens (tertiary/aromatic N) is 2. The fourth-order valence-electron chi connectivity index (χ4n) is 2.94. The number of hydrogen-bond donors (Lipinski definition) is 1. The second kappa shape index (κ2) is 6.20. The van der Waals surface area contributed by atoms with E-state index in [1.807, 2.05) is 12.4 Å². The summed E-state index contributed by atoms with van der Waals surface area (Å²) in [6.07, 6.45) is 13.3. The number of nitrogens with two attached hydrogens (primary N) is 1. The minimum Gasteiger partial charge on any atom is -0.334 e. The summed E-state index contributed by atoms with van der Waals surface area (Å²) in [4.78, 5) is 4.45. The first-order valence-electron chi connectivity index (χ1n) is 7.09. The van der Waals surface area contributed by atoms with E-state index in [0.717, 1.165) is 12.4 Å². The van der Waals surface area contributed by atoms with E-state index in [9.17, 15) is 0 Å². The van der Waals surface area contributed by atoms with Crippen molar-refractivity contribution in [1.82, 2.24) is 9.55 Å². The van der Waals surface area contributed by atoms with Gasteiger partial charge in [0.2, 0.25) is 0 Å². The molecule has 1 aromatic heterocycles. The molecule has 2 rings (SSSR count). The van der Waals surface area contributed by atoms with Gasteiger partial charge < -0.3 is 10.3 Å². The number of aryl methyl sites for hydroxylation is 1. The fourth-order valence-corrected chi connectivity index (χ4v) is 2.94. The lowest BCUT2D eigenvalue weighted by Gasteiger charge is -2.25. The molecule has 2 N–H and O–H groups in total. The monoisotopic (exact) mass is 235 g/mol. The molecule has 0 saturated heterocycles. The Morgan fingerprint density at radius 2 is 1.94 bits per heavy atom. The van der Waals surface area contributed by atoms with E-state index >= 15 is 0 Å². The van der Waals surface area contributed by atoms with E-state index in [1.165, 1.54) is 44.9 Å². The summed E-state index contributed by atoms with van der Waals surface area (Å²) in [5.74, 6) is 1.71. The molecule has 1 saturated carbocycles. The smallest absolute Gasteiger partial charge is 0.125 e. The quantitative estimate of drug-likeness (QED) is 0.874. The van der Waals surface area contributed by atoms with Gasteiger partial charge in [0, 0.05) is 18.9 Å². The van der Waals surface area contributed by atoms with Crippen LogP contribution < -0.4 is 5.73 Å². The Balaban J connectivity index is 2.04. The molecule has 17 heavy (non-hydrogen) atoms. The van der Waals surface area contributed by atoms with Crippen molar-refractivity contribution in [3.8, 4) is 0 Å². The number of rotatable bonds is 3. The first kappa shape index (κ1) is 12.6. The van der Waals surface area contributed by atoms with E-state index in [0.29, 0.717) is 5.92 Å². The third-order valence-corrected chi connectivity index (χ3v) is 4.04. The topological polar surface area (TPSA) is 43.8 Å². The average Bonchev–Trinajstić information content (AvgIpc) is 2.75. The summed E-state index contributed by atoms with van der Waals surface area (Å²) in [6, 6.07) is 0.128. The molecular weight excluding hydrogens is 210 g/mol. The van der Waals surface area contributed by atoms with Crippen LogP contribution in [0.4, 0.5) is 0 Å². The van der Waals surface area contributed by atoms with Gasteiger partial charge in [-0.15, -0.1) is 0 Å². The van der Waals surface area contributed by atoms with Gasteiger partial charge >= 0.3 is 0 Å². The molecule has 1 heterocycles. The summed E-state index contributed by atoms with van der Waals surface area (Å²) in [5, 5.41) is 0. The van der Waals surface area contributed by atoms with Crippen LogP contribution in [0.5, 0.6) is 0 Å². The molecule has 1 aromatic rings. The Morgan fingerprint density at radius 1 is 1.29 bits per heavy atom. The van der Waals surface area contributed by atoms with Crippen molar-refractivity contribution in [2.24, 2.45) is 11.7 Å². The van der Waals surface area contributed by atoms with E-state index in [2.05, 4.69) is 16.5 Å². The second-order valence-electron chi connectivity index (χ2n) is 5.20. The highest BCUT2D eigenvalue weighted by atomic mass is 15.1. The van der Waals surface area contributed by atoms with Crippen molar-refractivity contribution < 1.29 is 0 Å². The van der Waals surface area contributed by atoms with Crippen molar-refractivity contribution in [1.29, 1.82) is 0 Å². The molecule has 0 aromatic carbocycles. The normalized spacial score (nSPS) is 20.8. The van der Waals surface area contributed by atoms with Crippen LogP contribution >= 0.6 is 0 Å². The summed E-state index contributed by atoms with van der Waals surface area (Å²) in [6.45, 7) is 3.12. The van der Waals surface area contributed by atoms with Gasteiger partial charge in [-0.05, 0) is 25.7 Å². The number of imidazole rings is 1. The van der Waals surface area contributed by atoms with Gasteiger partial charge in [0.15, 0.2) is 0 Å². The van der Waals surface area contributed by atoms with E-state index in [-0.39, 0.29) is 6.04 Å².